The Kier molecular flexibility index (Phi) is 7.50. The monoisotopic (exact) mass is 487 g/mol. The zero-order chi connectivity index (χ0) is 21.7. The third kappa shape index (κ3) is 5.40. The Morgan fingerprint density at radius 1 is 1.20 bits per heavy atom. The maximum absolute atomic E-state index is 13.2. The maximum Gasteiger partial charge on any atom is 0.255 e. The average Bonchev–Trinajstić information content (AvgIpc) is 2.70. The predicted molar refractivity (Wildman–Crippen MR) is 129 cm³/mol. The van der Waals surface area contributed by atoms with Gasteiger partial charge in [0.2, 0.25) is 0 Å². The Morgan fingerprint density at radius 3 is 2.60 bits per heavy atom. The molecule has 0 aliphatic carbocycles. The van der Waals surface area contributed by atoms with E-state index < -0.39 is 0 Å². The molecule has 30 heavy (non-hydrogen) atoms. The molecule has 1 atom stereocenters. The van der Waals surface area contributed by atoms with E-state index in [0.29, 0.717) is 17.3 Å². The fourth-order valence-corrected chi connectivity index (χ4v) is 4.00. The van der Waals surface area contributed by atoms with Crippen molar-refractivity contribution in [2.45, 2.75) is 39.7 Å². The molecule has 0 radical (unpaired) electrons. The fraction of sp³-hybridized carbons (Fsp3) is 0.304. The Morgan fingerprint density at radius 2 is 1.93 bits per heavy atom. The summed E-state index contributed by atoms with van der Waals surface area (Å²) in [5.41, 5.74) is 4.13. The summed E-state index contributed by atoms with van der Waals surface area (Å²) in [6.07, 6.45) is 2.08. The van der Waals surface area contributed by atoms with E-state index in [1.54, 1.807) is 0 Å². The number of halogens is 1. The van der Waals surface area contributed by atoms with E-state index in [2.05, 4.69) is 38.8 Å². The molecule has 1 heterocycles. The van der Waals surface area contributed by atoms with Crippen LogP contribution in [-0.4, -0.2) is 17.6 Å². The molecule has 2 aromatic rings. The first-order chi connectivity index (χ1) is 14.4. The van der Waals surface area contributed by atoms with Crippen molar-refractivity contribution in [3.63, 3.8) is 0 Å². The van der Waals surface area contributed by atoms with E-state index in [-0.39, 0.29) is 11.9 Å². The number of unbranched alkanes of at least 4 members (excludes halogenated alkanes) is 1. The molecule has 3 rings (SSSR count). The van der Waals surface area contributed by atoms with E-state index in [9.17, 15) is 4.79 Å². The Balaban J connectivity index is 1.86. The molecule has 2 aromatic carbocycles. The number of hydrogen-bond donors (Lipinski definition) is 3. The van der Waals surface area contributed by atoms with Gasteiger partial charge in [0, 0.05) is 11.4 Å². The molecule has 1 aliphatic heterocycles. The van der Waals surface area contributed by atoms with Crippen LogP contribution in [0.3, 0.4) is 0 Å². The lowest BCUT2D eigenvalue weighted by Crippen LogP contribution is -2.45. The Labute approximate surface area is 191 Å². The summed E-state index contributed by atoms with van der Waals surface area (Å²) in [6, 6.07) is 13.2. The first kappa shape index (κ1) is 22.3. The third-order valence-corrected chi connectivity index (χ3v) is 5.71. The number of hydrogen-bond acceptors (Lipinski definition) is 3. The van der Waals surface area contributed by atoms with Crippen molar-refractivity contribution in [1.29, 1.82) is 0 Å². The van der Waals surface area contributed by atoms with Gasteiger partial charge in [0.05, 0.1) is 22.7 Å². The number of thiocarbonyl (C=S) groups is 1. The van der Waals surface area contributed by atoms with Crippen LogP contribution in [0.4, 0.5) is 5.69 Å². The molecule has 3 N–H and O–H groups in total. The van der Waals surface area contributed by atoms with Gasteiger partial charge in [-0.1, -0.05) is 37.1 Å². The number of rotatable bonds is 7. The maximum atomic E-state index is 13.2. The van der Waals surface area contributed by atoms with Crippen LogP contribution in [0, 0.1) is 6.92 Å². The van der Waals surface area contributed by atoms with Crippen LogP contribution < -0.4 is 20.7 Å². The lowest BCUT2D eigenvalue weighted by molar-refractivity contribution is -0.113. The van der Waals surface area contributed by atoms with Crippen molar-refractivity contribution in [1.82, 2.24) is 10.6 Å². The van der Waals surface area contributed by atoms with Crippen molar-refractivity contribution >= 4 is 44.9 Å². The summed E-state index contributed by atoms with van der Waals surface area (Å²) < 4.78 is 6.67. The lowest BCUT2D eigenvalue weighted by Gasteiger charge is -2.30. The molecule has 1 aliphatic rings. The van der Waals surface area contributed by atoms with Crippen LogP contribution in [-0.2, 0) is 4.79 Å². The number of nitrogens with one attached hydrogen (secondary N) is 3. The van der Waals surface area contributed by atoms with Gasteiger partial charge < -0.3 is 20.7 Å². The van der Waals surface area contributed by atoms with Crippen LogP contribution in [0.2, 0.25) is 0 Å². The molecule has 0 fully saturated rings. The third-order valence-electron chi connectivity index (χ3n) is 4.87. The number of carbonyl (C=O) groups excluding carboxylic acids is 1. The molecule has 0 bridgehead atoms. The Bertz CT molecular complexity index is 973. The van der Waals surface area contributed by atoms with Gasteiger partial charge in [-0.2, -0.15) is 0 Å². The number of anilines is 1. The smallest absolute Gasteiger partial charge is 0.255 e. The van der Waals surface area contributed by atoms with E-state index in [4.69, 9.17) is 17.0 Å². The van der Waals surface area contributed by atoms with E-state index in [0.717, 1.165) is 45.6 Å². The molecular weight excluding hydrogens is 462 g/mol. The largest absolute Gasteiger partial charge is 0.492 e. The molecular formula is C23H26BrN3O2S. The molecule has 5 nitrogen and oxygen atoms in total. The highest BCUT2D eigenvalue weighted by molar-refractivity contribution is 9.10. The first-order valence-corrected chi connectivity index (χ1v) is 11.2. The highest BCUT2D eigenvalue weighted by Crippen LogP contribution is 2.33. The van der Waals surface area contributed by atoms with Gasteiger partial charge in [-0.25, -0.2) is 0 Å². The summed E-state index contributed by atoms with van der Waals surface area (Å²) in [4.78, 5) is 13.2. The number of ether oxygens (including phenoxy) is 1. The minimum Gasteiger partial charge on any atom is -0.492 e. The predicted octanol–water partition coefficient (Wildman–Crippen LogP) is 5.37. The van der Waals surface area contributed by atoms with Crippen LogP contribution >= 0.6 is 28.1 Å². The van der Waals surface area contributed by atoms with E-state index >= 15 is 0 Å². The molecule has 0 saturated carbocycles. The van der Waals surface area contributed by atoms with Crippen molar-refractivity contribution < 1.29 is 9.53 Å². The number of amides is 1. The second-order valence-electron chi connectivity index (χ2n) is 7.28. The van der Waals surface area contributed by atoms with Crippen LogP contribution in [0.1, 0.15) is 43.9 Å². The van der Waals surface area contributed by atoms with Crippen molar-refractivity contribution in [3.05, 3.63) is 69.3 Å². The zero-order valence-electron chi connectivity index (χ0n) is 17.3. The minimum atomic E-state index is -0.370. The highest BCUT2D eigenvalue weighted by atomic mass is 79.9. The molecule has 1 unspecified atom stereocenters. The normalized spacial score (nSPS) is 16.0. The van der Waals surface area contributed by atoms with Crippen LogP contribution in [0.25, 0.3) is 0 Å². The van der Waals surface area contributed by atoms with E-state index in [1.165, 1.54) is 0 Å². The molecule has 158 valence electrons. The van der Waals surface area contributed by atoms with Crippen molar-refractivity contribution in [3.8, 4) is 5.75 Å². The lowest BCUT2D eigenvalue weighted by atomic mass is 9.95. The van der Waals surface area contributed by atoms with Gasteiger partial charge in [-0.15, -0.1) is 0 Å². The molecule has 7 heteroatoms. The highest BCUT2D eigenvalue weighted by Gasteiger charge is 2.30. The minimum absolute atomic E-state index is 0.178. The van der Waals surface area contributed by atoms with Gasteiger partial charge in [0.25, 0.3) is 5.91 Å². The van der Waals surface area contributed by atoms with Gasteiger partial charge in [0.15, 0.2) is 5.11 Å². The zero-order valence-corrected chi connectivity index (χ0v) is 19.7. The number of allylic oxidation sites excluding steroid dienone is 1. The molecule has 0 spiro atoms. The summed E-state index contributed by atoms with van der Waals surface area (Å²) in [5, 5.41) is 9.77. The SMILES string of the molecule is CCCCOc1ccc(C2NC(=S)NC(C)=C2C(=O)Nc2ccc(C)cc2)cc1Br. The first-order valence-electron chi connectivity index (χ1n) is 9.97. The summed E-state index contributed by atoms with van der Waals surface area (Å²) in [6.45, 7) is 6.68. The van der Waals surface area contributed by atoms with Crippen molar-refractivity contribution in [2.75, 3.05) is 11.9 Å². The van der Waals surface area contributed by atoms with Crippen molar-refractivity contribution in [2.24, 2.45) is 0 Å². The summed E-state index contributed by atoms with van der Waals surface area (Å²) >= 11 is 8.94. The van der Waals surface area contributed by atoms with Gasteiger partial charge in [0.1, 0.15) is 5.75 Å². The molecule has 0 aromatic heterocycles. The quantitative estimate of drug-likeness (QED) is 0.362. The second-order valence-corrected chi connectivity index (χ2v) is 8.54. The number of aryl methyl sites for hydroxylation is 1. The van der Waals surface area contributed by atoms with Crippen LogP contribution in [0.5, 0.6) is 5.75 Å². The van der Waals surface area contributed by atoms with Gasteiger partial charge in [-0.3, -0.25) is 4.79 Å². The Hall–Kier alpha value is -2.38. The van der Waals surface area contributed by atoms with Gasteiger partial charge in [-0.05, 0) is 78.2 Å². The average molecular weight is 488 g/mol. The second kappa shape index (κ2) is 10.1. The molecule has 1 amide bonds. The summed E-state index contributed by atoms with van der Waals surface area (Å²) in [5.74, 6) is 0.610. The fourth-order valence-electron chi connectivity index (χ4n) is 3.22. The number of carbonyl (C=O) groups is 1. The van der Waals surface area contributed by atoms with Gasteiger partial charge >= 0.3 is 0 Å². The summed E-state index contributed by atoms with van der Waals surface area (Å²) in [7, 11) is 0. The topological polar surface area (TPSA) is 62.4 Å². The van der Waals surface area contributed by atoms with E-state index in [1.807, 2.05) is 56.3 Å². The standard InChI is InChI=1S/C23H26BrN3O2S/c1-4-5-12-29-19-11-8-16(13-18(19)24)21-20(15(3)25-23(30)27-21)22(28)26-17-9-6-14(2)7-10-17/h6-11,13,21H,4-5,12H2,1-3H3,(H,26,28)(H2,25,27,30). The molecule has 0 saturated heterocycles. The van der Waals surface area contributed by atoms with Crippen LogP contribution in [0.15, 0.2) is 58.2 Å². The number of benzene rings is 2.